The summed E-state index contributed by atoms with van der Waals surface area (Å²) in [6.45, 7) is -2.35. The van der Waals surface area contributed by atoms with Crippen LogP contribution in [-0.4, -0.2) is 374 Å². The Kier molecular flexibility index (Phi) is 27.6. The summed E-state index contributed by atoms with van der Waals surface area (Å²) in [7, 11) is 0. The topological polar surface area (TPSA) is 660 Å². The Labute approximate surface area is 531 Å². The number of carboxylic acids is 2. The van der Waals surface area contributed by atoms with E-state index in [0.29, 0.717) is 0 Å². The van der Waals surface area contributed by atoms with Gasteiger partial charge in [0.1, 0.15) is 147 Å². The van der Waals surface area contributed by atoms with E-state index in [4.69, 9.17) is 61.6 Å². The molecule has 0 bridgehead atoms. The van der Waals surface area contributed by atoms with Crippen LogP contribution in [0.1, 0.15) is 47.5 Å². The van der Waals surface area contributed by atoms with Crippen molar-refractivity contribution < 1.29 is 192 Å². The Morgan fingerprint density at radius 2 is 0.798 bits per heavy atom. The van der Waals surface area contributed by atoms with Gasteiger partial charge in [-0.15, -0.1) is 0 Å². The van der Waals surface area contributed by atoms with Gasteiger partial charge in [0.2, 0.25) is 17.7 Å². The first-order valence-electron chi connectivity index (χ1n) is 29.1. The summed E-state index contributed by atoms with van der Waals surface area (Å²) in [6.07, 6.45) is -63.9. The summed E-state index contributed by atoms with van der Waals surface area (Å²) in [5.41, 5.74) is 0. The molecule has 0 unspecified atom stereocenters. The molecular weight excluding hydrogens is 1290 g/mol. The Bertz CT molecular complexity index is 2560. The molecule has 6 aliphatic heterocycles. The largest absolute Gasteiger partial charge is 0.477 e. The van der Waals surface area contributed by atoms with Gasteiger partial charge < -0.3 is 175 Å². The summed E-state index contributed by atoms with van der Waals surface area (Å²) >= 11 is 0. The van der Waals surface area contributed by atoms with E-state index < -0.39 is 289 Å². The molecule has 6 aliphatic rings. The average molecular weight is 1370 g/mol. The summed E-state index contributed by atoms with van der Waals surface area (Å²) < 4.78 is 73.7. The maximum absolute atomic E-state index is 13.8. The number of esters is 2. The lowest BCUT2D eigenvalue weighted by atomic mass is 9.88. The highest BCUT2D eigenvalue weighted by molar-refractivity contribution is 5.77. The van der Waals surface area contributed by atoms with Crippen LogP contribution in [0, 0.1) is 0 Å². The lowest BCUT2D eigenvalue weighted by Crippen LogP contribution is -2.72. The molecule has 0 aliphatic carbocycles. The third-order valence-electron chi connectivity index (χ3n) is 16.1. The molecule has 540 valence electrons. The molecule has 6 saturated heterocycles. The molecule has 3 amide bonds. The molecule has 0 spiro atoms. The van der Waals surface area contributed by atoms with Crippen LogP contribution >= 0.6 is 0 Å². The zero-order valence-electron chi connectivity index (χ0n) is 50.6. The first-order chi connectivity index (χ1) is 44.0. The quantitative estimate of drug-likeness (QED) is 0.0340. The summed E-state index contributed by atoms with van der Waals surface area (Å²) in [6, 6.07) is -5.77. The van der Waals surface area contributed by atoms with Crippen LogP contribution in [0.15, 0.2) is 0 Å². The molecule has 0 aromatic heterocycles. The molecule has 6 rings (SSSR count). The second-order valence-electron chi connectivity index (χ2n) is 23.1. The van der Waals surface area contributed by atoms with Crippen molar-refractivity contribution in [1.82, 2.24) is 16.0 Å². The molecule has 42 heteroatoms. The first kappa shape index (κ1) is 78.2. The number of carbonyl (C=O) groups is 7. The van der Waals surface area contributed by atoms with Crippen LogP contribution < -0.4 is 16.0 Å². The molecular formula is C52H83N3O39. The van der Waals surface area contributed by atoms with Gasteiger partial charge in [-0.3, -0.25) is 24.0 Å². The highest BCUT2D eigenvalue weighted by Gasteiger charge is 2.64. The molecule has 32 atom stereocenters. The van der Waals surface area contributed by atoms with Crippen molar-refractivity contribution in [3.8, 4) is 0 Å². The van der Waals surface area contributed by atoms with E-state index in [1.807, 2.05) is 0 Å². The third-order valence-corrected chi connectivity index (χ3v) is 16.1. The van der Waals surface area contributed by atoms with Gasteiger partial charge in [0, 0.05) is 47.5 Å². The molecule has 6 fully saturated rings. The number of carboxylic acid groups (broad SMARTS) is 2. The number of carbonyl (C=O) groups excluding carboxylic acids is 5. The van der Waals surface area contributed by atoms with Crippen molar-refractivity contribution in [2.75, 3.05) is 39.6 Å². The van der Waals surface area contributed by atoms with E-state index >= 15 is 0 Å². The fraction of sp³-hybridized carbons (Fsp3) is 0.865. The molecule has 94 heavy (non-hydrogen) atoms. The van der Waals surface area contributed by atoms with Crippen molar-refractivity contribution in [3.63, 3.8) is 0 Å². The van der Waals surface area contributed by atoms with Crippen LogP contribution in [0.4, 0.5) is 0 Å². The molecule has 0 saturated carbocycles. The van der Waals surface area contributed by atoms with Crippen molar-refractivity contribution in [1.29, 1.82) is 0 Å². The van der Waals surface area contributed by atoms with Gasteiger partial charge in [0.15, 0.2) is 25.2 Å². The van der Waals surface area contributed by atoms with Crippen molar-refractivity contribution in [2.24, 2.45) is 0 Å². The van der Waals surface area contributed by atoms with Gasteiger partial charge in [0.25, 0.3) is 11.6 Å². The minimum Gasteiger partial charge on any atom is -0.477 e. The highest BCUT2D eigenvalue weighted by atomic mass is 16.8. The average Bonchev–Trinajstić information content (AvgIpc) is 0.756. The van der Waals surface area contributed by atoms with Crippen LogP contribution in [-0.2, 0) is 95.1 Å². The standard InChI is InChI=1S/C52H83N3O39/c1-14(60)53-27-19(65)6-51(49(78)79,91-41(27)30(69)21(67)12-82-17(4)63)93-43-33(72)24(9-57)86-47(36(43)75)90-40-29(55-16(3)62)46(85-23(8-56)32(40)71)89-39-26(11-59)87-48(88-38-25(10-58)84-45(77)35(74)34(38)73)37(76)44(39)94-52(50(80)81)7-20(66)28(54-15(2)61)42(92-52)31(70)22(68)13-83-18(5)64/h19-48,56-59,65-77H,6-13H2,1-5H3,(H,53,60)(H,54,61)(H,55,62)(H,78,79)(H,80,81)/t19-,20-,21+,22+,23+,24+,25+,26+,27+,28+,29+,30+,31+,32-,33-,34+,35+,36+,37+,38+,39-,40+,41+,42+,43-,44+,45+,46-,47-,48-,51-,52-/m0/s1. The van der Waals surface area contributed by atoms with Gasteiger partial charge in [-0.25, -0.2) is 9.59 Å². The van der Waals surface area contributed by atoms with E-state index in [-0.39, 0.29) is 0 Å². The Morgan fingerprint density at radius 1 is 0.436 bits per heavy atom. The van der Waals surface area contributed by atoms with E-state index in [2.05, 4.69) is 16.0 Å². The van der Waals surface area contributed by atoms with Crippen molar-refractivity contribution in [3.05, 3.63) is 0 Å². The van der Waals surface area contributed by atoms with Gasteiger partial charge in [-0.1, -0.05) is 0 Å². The highest BCUT2D eigenvalue weighted by Crippen LogP contribution is 2.42. The number of amides is 3. The van der Waals surface area contributed by atoms with Crippen LogP contribution in [0.3, 0.4) is 0 Å². The maximum atomic E-state index is 13.8. The Hall–Kier alpha value is -4.83. The van der Waals surface area contributed by atoms with Gasteiger partial charge >= 0.3 is 23.9 Å². The molecule has 0 aromatic carbocycles. The lowest BCUT2D eigenvalue weighted by molar-refractivity contribution is -0.404. The first-order valence-corrected chi connectivity index (χ1v) is 29.1. The predicted molar refractivity (Wildman–Crippen MR) is 287 cm³/mol. The number of rotatable bonds is 27. The molecule has 0 aromatic rings. The summed E-state index contributed by atoms with van der Waals surface area (Å²) in [5, 5.41) is 218. The van der Waals surface area contributed by atoms with Crippen LogP contribution in [0.25, 0.3) is 0 Å². The number of nitrogens with one attached hydrogen (secondary N) is 3. The summed E-state index contributed by atoms with van der Waals surface area (Å²) in [4.78, 5) is 88.3. The van der Waals surface area contributed by atoms with Crippen molar-refractivity contribution >= 4 is 41.6 Å². The van der Waals surface area contributed by atoms with Gasteiger partial charge in [0.05, 0.1) is 50.7 Å². The molecule has 42 nitrogen and oxygen atoms in total. The van der Waals surface area contributed by atoms with E-state index in [1.54, 1.807) is 0 Å². The monoisotopic (exact) mass is 1370 g/mol. The minimum atomic E-state index is -3.49. The number of hydrogen-bond acceptors (Lipinski definition) is 37. The lowest BCUT2D eigenvalue weighted by Gasteiger charge is -2.53. The number of aliphatic carboxylic acids is 2. The fourth-order valence-electron chi connectivity index (χ4n) is 11.5. The number of hydrogen-bond donors (Lipinski definition) is 22. The SMILES string of the molecule is CC(=O)N[C@H]1[C@H](O[C@@H]2[C@H](O[C@]3(C(=O)O)C[C@H](O)[C@@H](NC(C)=O)[C@H]([C@H](O)[C@H](O)COC(C)=O)O3)[C@@H](O)[C@H](O[C@H]3[C@H](O)[C@@H](O)[C@H](O)O[C@@H]3CO)O[C@@H]2CO)O[C@H](CO)[C@H](O)[C@@H]1O[C@@H]1O[C@H](CO)[C@H](O)[C@H](O[C@]2(C(=O)O)C[C@H](O)[C@@H](NC(C)=O)[C@H]([C@H](O)[C@H](O)COC(C)=O)O2)[C@H]1O. The third kappa shape index (κ3) is 17.7. The van der Waals surface area contributed by atoms with E-state index in [9.17, 15) is 131 Å². The second-order valence-corrected chi connectivity index (χ2v) is 23.1. The molecule has 6 heterocycles. The zero-order chi connectivity index (χ0) is 70.3. The van der Waals surface area contributed by atoms with Crippen molar-refractivity contribution in [2.45, 2.75) is 243 Å². The fourth-order valence-corrected chi connectivity index (χ4v) is 11.5. The normalized spacial score (nSPS) is 42.4. The molecule has 22 N–H and O–H groups in total. The predicted octanol–water partition coefficient (Wildman–Crippen LogP) is -14.1. The minimum absolute atomic E-state index is 0.855. The van der Waals surface area contributed by atoms with Gasteiger partial charge in [-0.2, -0.15) is 0 Å². The maximum Gasteiger partial charge on any atom is 0.364 e. The van der Waals surface area contributed by atoms with E-state index in [0.717, 1.165) is 34.6 Å². The second kappa shape index (κ2) is 33.1. The smallest absolute Gasteiger partial charge is 0.364 e. The number of ether oxygens (including phenoxy) is 13. The van der Waals surface area contributed by atoms with Crippen LogP contribution in [0.2, 0.25) is 0 Å². The van der Waals surface area contributed by atoms with E-state index in [1.165, 1.54) is 0 Å². The van der Waals surface area contributed by atoms with Crippen LogP contribution in [0.5, 0.6) is 0 Å². The zero-order valence-corrected chi connectivity index (χ0v) is 50.6. The Morgan fingerprint density at radius 3 is 1.21 bits per heavy atom. The number of aliphatic hydroxyl groups excluding tert-OH is 17. The number of aliphatic hydroxyl groups is 17. The Balaban J connectivity index is 1.42. The summed E-state index contributed by atoms with van der Waals surface area (Å²) in [5.74, 6) is -16.1. The molecule has 0 radical (unpaired) electrons. The van der Waals surface area contributed by atoms with Gasteiger partial charge in [-0.05, 0) is 0 Å².